The molecule has 6 nitrogen and oxygen atoms in total. The Balaban J connectivity index is 1.90. The van der Waals surface area contributed by atoms with E-state index in [2.05, 4.69) is 14.7 Å². The van der Waals surface area contributed by atoms with Gasteiger partial charge in [-0.1, -0.05) is 0 Å². The minimum Gasteiger partial charge on any atom is -0.382 e. The molecular weight excluding hydrogens is 274 g/mol. The van der Waals surface area contributed by atoms with Crippen LogP contribution in [0.25, 0.3) is 11.1 Å². The number of nitrogens with two attached hydrogens (primary N) is 1. The molecule has 7 heteroatoms. The number of aromatic nitrogens is 2. The third-order valence-electron chi connectivity index (χ3n) is 3.42. The number of hydrogen-bond acceptors (Lipinski definition) is 6. The Labute approximate surface area is 120 Å². The number of nitrogen functional groups attached to an aromatic ring is 1. The van der Waals surface area contributed by atoms with Gasteiger partial charge in [0.2, 0.25) is 5.91 Å². The van der Waals surface area contributed by atoms with Gasteiger partial charge in [-0.05, 0) is 35.6 Å². The highest BCUT2D eigenvalue weighted by Gasteiger charge is 2.30. The van der Waals surface area contributed by atoms with Gasteiger partial charge in [-0.25, -0.2) is 0 Å². The summed E-state index contributed by atoms with van der Waals surface area (Å²) in [5, 5.41) is 4.11. The number of hydrogen-bond donors (Lipinski definition) is 2. The minimum atomic E-state index is -0.194. The quantitative estimate of drug-likeness (QED) is 0.893. The van der Waals surface area contributed by atoms with Gasteiger partial charge in [0.15, 0.2) is 0 Å². The van der Waals surface area contributed by atoms with Crippen LogP contribution in [-0.4, -0.2) is 39.8 Å². The Kier molecular flexibility index (Phi) is 3.27. The monoisotopic (exact) mass is 289 g/mol. The Hall–Kier alpha value is -2.15. The molecule has 1 saturated heterocycles. The zero-order valence-electron chi connectivity index (χ0n) is 11.0. The lowest BCUT2D eigenvalue weighted by molar-refractivity contribution is -0.127. The number of likely N-dealkylation sites (N-methyl/N-ethyl adjacent to an activating group) is 1. The van der Waals surface area contributed by atoms with Crippen molar-refractivity contribution < 1.29 is 4.79 Å². The van der Waals surface area contributed by atoms with Crippen LogP contribution in [0, 0.1) is 0 Å². The summed E-state index contributed by atoms with van der Waals surface area (Å²) < 4.78 is 4.19. The second kappa shape index (κ2) is 5.09. The summed E-state index contributed by atoms with van der Waals surface area (Å²) in [5.41, 5.74) is 7.75. The van der Waals surface area contributed by atoms with E-state index in [0.717, 1.165) is 29.1 Å². The van der Waals surface area contributed by atoms with Gasteiger partial charge in [0.05, 0.1) is 5.56 Å². The van der Waals surface area contributed by atoms with E-state index in [1.807, 2.05) is 19.2 Å². The molecule has 2 aromatic heterocycles. The molecule has 0 aliphatic carbocycles. The summed E-state index contributed by atoms with van der Waals surface area (Å²) in [4.78, 5) is 17.7. The lowest BCUT2D eigenvalue weighted by Gasteiger charge is -2.13. The van der Waals surface area contributed by atoms with Crippen molar-refractivity contribution in [3.8, 4) is 11.1 Å². The van der Waals surface area contributed by atoms with Crippen LogP contribution in [-0.2, 0) is 4.79 Å². The average Bonchev–Trinajstić information content (AvgIpc) is 2.98. The smallest absolute Gasteiger partial charge is 0.244 e. The van der Waals surface area contributed by atoms with Crippen LogP contribution in [0.2, 0.25) is 0 Å². The fourth-order valence-corrected chi connectivity index (χ4v) is 3.10. The van der Waals surface area contributed by atoms with Crippen LogP contribution in [0.15, 0.2) is 24.5 Å². The van der Waals surface area contributed by atoms with Gasteiger partial charge in [-0.15, -0.1) is 0 Å². The summed E-state index contributed by atoms with van der Waals surface area (Å²) in [6.07, 6.45) is 4.22. The van der Waals surface area contributed by atoms with Crippen molar-refractivity contribution in [3.63, 3.8) is 0 Å². The minimum absolute atomic E-state index is 0.109. The van der Waals surface area contributed by atoms with E-state index < -0.39 is 0 Å². The van der Waals surface area contributed by atoms with Crippen molar-refractivity contribution in [2.45, 2.75) is 12.5 Å². The number of amides is 1. The van der Waals surface area contributed by atoms with Crippen LogP contribution < -0.4 is 11.1 Å². The number of pyridine rings is 1. The largest absolute Gasteiger partial charge is 0.382 e. The molecule has 20 heavy (non-hydrogen) atoms. The molecule has 1 aliphatic heterocycles. The maximum absolute atomic E-state index is 12.0. The van der Waals surface area contributed by atoms with Crippen LogP contribution in [0.4, 0.5) is 10.8 Å². The van der Waals surface area contributed by atoms with E-state index >= 15 is 0 Å². The third-order valence-corrected chi connectivity index (χ3v) is 4.21. The summed E-state index contributed by atoms with van der Waals surface area (Å²) in [5.74, 6) is 0.583. The number of carbonyl (C=O) groups is 1. The predicted molar refractivity (Wildman–Crippen MR) is 79.4 cm³/mol. The van der Waals surface area contributed by atoms with Gasteiger partial charge in [-0.3, -0.25) is 9.78 Å². The molecular formula is C13H15N5OS. The van der Waals surface area contributed by atoms with Gasteiger partial charge in [0, 0.05) is 26.0 Å². The predicted octanol–water partition coefficient (Wildman–Crippen LogP) is 1.43. The first-order chi connectivity index (χ1) is 9.66. The molecule has 0 bridgehead atoms. The van der Waals surface area contributed by atoms with Gasteiger partial charge in [0.1, 0.15) is 16.9 Å². The summed E-state index contributed by atoms with van der Waals surface area (Å²) in [6.45, 7) is 0.773. The van der Waals surface area contributed by atoms with E-state index in [0.29, 0.717) is 5.82 Å². The Bertz CT molecular complexity index is 627. The molecule has 3 rings (SSSR count). The van der Waals surface area contributed by atoms with Crippen molar-refractivity contribution in [1.82, 2.24) is 14.3 Å². The Morgan fingerprint density at radius 3 is 2.85 bits per heavy atom. The molecule has 1 fully saturated rings. The number of nitrogens with one attached hydrogen (secondary N) is 1. The molecule has 0 saturated carbocycles. The number of anilines is 2. The van der Waals surface area contributed by atoms with E-state index in [-0.39, 0.29) is 11.9 Å². The number of carbonyl (C=O) groups excluding carboxylic acids is 1. The highest BCUT2D eigenvalue weighted by molar-refractivity contribution is 7.11. The fourth-order valence-electron chi connectivity index (χ4n) is 2.31. The molecule has 0 radical (unpaired) electrons. The third kappa shape index (κ3) is 2.20. The first-order valence-corrected chi connectivity index (χ1v) is 7.11. The Morgan fingerprint density at radius 2 is 2.20 bits per heavy atom. The highest BCUT2D eigenvalue weighted by Crippen LogP contribution is 2.37. The molecule has 1 unspecified atom stereocenters. The van der Waals surface area contributed by atoms with E-state index in [9.17, 15) is 4.79 Å². The fraction of sp³-hybridized carbons (Fsp3) is 0.308. The second-order valence-corrected chi connectivity index (χ2v) is 5.53. The van der Waals surface area contributed by atoms with Crippen LogP contribution in [0.1, 0.15) is 6.42 Å². The molecule has 104 valence electrons. The summed E-state index contributed by atoms with van der Waals surface area (Å²) >= 11 is 1.28. The normalized spacial score (nSPS) is 18.6. The topological polar surface area (TPSA) is 84.1 Å². The molecule has 1 amide bonds. The molecule has 0 spiro atoms. The first kappa shape index (κ1) is 12.9. The van der Waals surface area contributed by atoms with Crippen LogP contribution in [0.5, 0.6) is 0 Å². The summed E-state index contributed by atoms with van der Waals surface area (Å²) in [6, 6.07) is 3.57. The van der Waals surface area contributed by atoms with E-state index in [1.165, 1.54) is 11.5 Å². The standard InChI is InChI=1S/C13H15N5OS/c1-18-7-4-9(13(18)19)16-12-10(11(14)17-20-12)8-2-5-15-6-3-8/h2-3,5-6,9,16H,4,7H2,1H3,(H2,14,17). The van der Waals surface area contributed by atoms with E-state index in [4.69, 9.17) is 5.73 Å². The number of likely N-dealkylation sites (tertiary alicyclic amines) is 1. The van der Waals surface area contributed by atoms with Crippen molar-refractivity contribution in [3.05, 3.63) is 24.5 Å². The Morgan fingerprint density at radius 1 is 1.45 bits per heavy atom. The van der Waals surface area contributed by atoms with Crippen LogP contribution >= 0.6 is 11.5 Å². The van der Waals surface area contributed by atoms with Gasteiger partial charge >= 0.3 is 0 Å². The zero-order chi connectivity index (χ0) is 14.1. The van der Waals surface area contributed by atoms with Crippen molar-refractivity contribution >= 4 is 28.3 Å². The summed E-state index contributed by atoms with van der Waals surface area (Å²) in [7, 11) is 1.81. The number of rotatable bonds is 3. The molecule has 3 N–H and O–H groups in total. The maximum Gasteiger partial charge on any atom is 0.244 e. The lowest BCUT2D eigenvalue weighted by Crippen LogP contribution is -2.30. The van der Waals surface area contributed by atoms with Crippen molar-refractivity contribution in [1.29, 1.82) is 0 Å². The van der Waals surface area contributed by atoms with E-state index in [1.54, 1.807) is 17.3 Å². The molecule has 1 aliphatic rings. The molecule has 0 aromatic carbocycles. The van der Waals surface area contributed by atoms with Gasteiger partial charge in [0.25, 0.3) is 0 Å². The van der Waals surface area contributed by atoms with Crippen LogP contribution in [0.3, 0.4) is 0 Å². The number of nitrogens with zero attached hydrogens (tertiary/aromatic N) is 3. The first-order valence-electron chi connectivity index (χ1n) is 6.34. The maximum atomic E-state index is 12.0. The highest BCUT2D eigenvalue weighted by atomic mass is 32.1. The molecule has 2 aromatic rings. The van der Waals surface area contributed by atoms with Crippen molar-refractivity contribution in [2.75, 3.05) is 24.6 Å². The molecule has 1 atom stereocenters. The SMILES string of the molecule is CN1CCC(Nc2snc(N)c2-c2ccncc2)C1=O. The second-order valence-electron chi connectivity index (χ2n) is 4.75. The lowest BCUT2D eigenvalue weighted by atomic mass is 10.1. The molecule has 3 heterocycles. The van der Waals surface area contributed by atoms with Gasteiger partial charge < -0.3 is 16.0 Å². The van der Waals surface area contributed by atoms with Crippen molar-refractivity contribution in [2.24, 2.45) is 0 Å². The average molecular weight is 289 g/mol. The zero-order valence-corrected chi connectivity index (χ0v) is 11.9. The van der Waals surface area contributed by atoms with Gasteiger partial charge in [-0.2, -0.15) is 4.37 Å².